The van der Waals surface area contributed by atoms with Crippen LogP contribution in [-0.4, -0.2) is 20.9 Å². The van der Waals surface area contributed by atoms with E-state index < -0.39 is 5.97 Å². The Morgan fingerprint density at radius 2 is 2.44 bits per heavy atom. The zero-order chi connectivity index (χ0) is 13.0. The van der Waals surface area contributed by atoms with Gasteiger partial charge in [-0.2, -0.15) is 5.10 Å². The Bertz CT molecular complexity index is 530. The highest BCUT2D eigenvalue weighted by molar-refractivity contribution is 5.85. The maximum absolute atomic E-state index is 10.8. The number of carboxylic acids is 1. The van der Waals surface area contributed by atoms with Crippen LogP contribution in [0.25, 0.3) is 0 Å². The third-order valence-electron chi connectivity index (χ3n) is 2.40. The van der Waals surface area contributed by atoms with Crippen LogP contribution in [0.5, 0.6) is 5.75 Å². The molecule has 0 aliphatic carbocycles. The molecule has 0 saturated carbocycles. The fraction of sp³-hybridized carbons (Fsp3) is 0.333. The van der Waals surface area contributed by atoms with E-state index in [2.05, 4.69) is 12.0 Å². The van der Waals surface area contributed by atoms with Crippen molar-refractivity contribution in [2.45, 2.75) is 26.5 Å². The Labute approximate surface area is 104 Å². The third-order valence-corrected chi connectivity index (χ3v) is 2.40. The van der Waals surface area contributed by atoms with E-state index in [9.17, 15) is 4.79 Å². The van der Waals surface area contributed by atoms with E-state index in [1.807, 2.05) is 0 Å². The number of furan rings is 1. The van der Waals surface area contributed by atoms with Crippen molar-refractivity contribution >= 4 is 5.97 Å². The lowest BCUT2D eigenvalue weighted by molar-refractivity contribution is 0.0658. The van der Waals surface area contributed by atoms with Gasteiger partial charge in [0.05, 0.1) is 18.7 Å². The number of carbonyl (C=O) groups is 1. The summed E-state index contributed by atoms with van der Waals surface area (Å²) in [6.45, 7) is 3.04. The Morgan fingerprint density at radius 3 is 3.17 bits per heavy atom. The summed E-state index contributed by atoms with van der Waals surface area (Å²) in [6, 6.07) is 1.58. The van der Waals surface area contributed by atoms with Gasteiger partial charge in [-0.05, 0) is 12.5 Å². The molecule has 1 N–H and O–H groups in total. The minimum absolute atomic E-state index is 0.0871. The number of hydrogen-bond acceptors (Lipinski definition) is 4. The smallest absolute Gasteiger partial charge is 0.372 e. The van der Waals surface area contributed by atoms with Crippen LogP contribution >= 0.6 is 0 Å². The van der Waals surface area contributed by atoms with Crippen LogP contribution < -0.4 is 4.74 Å². The molecule has 18 heavy (non-hydrogen) atoms. The minimum atomic E-state index is -1.10. The summed E-state index contributed by atoms with van der Waals surface area (Å²) in [5, 5.41) is 13.0. The van der Waals surface area contributed by atoms with Crippen molar-refractivity contribution in [3.05, 3.63) is 36.0 Å². The van der Waals surface area contributed by atoms with E-state index in [1.165, 1.54) is 6.26 Å². The molecule has 0 fully saturated rings. The van der Waals surface area contributed by atoms with E-state index in [1.54, 1.807) is 23.1 Å². The largest absolute Gasteiger partial charge is 0.485 e. The first-order valence-corrected chi connectivity index (χ1v) is 5.65. The lowest BCUT2D eigenvalue weighted by atomic mass is 10.2. The zero-order valence-electron chi connectivity index (χ0n) is 10.00. The summed E-state index contributed by atoms with van der Waals surface area (Å²) in [5.74, 6) is -0.572. The quantitative estimate of drug-likeness (QED) is 0.850. The number of ether oxygens (including phenoxy) is 1. The van der Waals surface area contributed by atoms with Crippen molar-refractivity contribution in [1.29, 1.82) is 0 Å². The number of rotatable bonds is 6. The standard InChI is InChI=1S/C12H14N2O4/c1-2-4-14-7-10(6-13-14)18-8-9-3-5-17-11(9)12(15)16/h3,5-7H,2,4,8H2,1H3,(H,15,16). The van der Waals surface area contributed by atoms with Crippen LogP contribution in [0.15, 0.2) is 29.1 Å². The molecule has 0 atom stereocenters. The van der Waals surface area contributed by atoms with Crippen molar-refractivity contribution < 1.29 is 19.1 Å². The van der Waals surface area contributed by atoms with Gasteiger partial charge in [0.2, 0.25) is 5.76 Å². The monoisotopic (exact) mass is 250 g/mol. The lowest BCUT2D eigenvalue weighted by Gasteiger charge is -2.01. The average Bonchev–Trinajstić information content (AvgIpc) is 2.95. The van der Waals surface area contributed by atoms with E-state index in [-0.39, 0.29) is 12.4 Å². The molecule has 0 aliphatic heterocycles. The summed E-state index contributed by atoms with van der Waals surface area (Å²) in [4.78, 5) is 10.8. The second-order valence-electron chi connectivity index (χ2n) is 3.81. The fourth-order valence-corrected chi connectivity index (χ4v) is 1.57. The zero-order valence-corrected chi connectivity index (χ0v) is 10.00. The molecule has 0 saturated heterocycles. The molecule has 2 heterocycles. The summed E-state index contributed by atoms with van der Waals surface area (Å²) in [7, 11) is 0. The van der Waals surface area contributed by atoms with Crippen LogP contribution in [0.3, 0.4) is 0 Å². The van der Waals surface area contributed by atoms with Gasteiger partial charge in [-0.3, -0.25) is 4.68 Å². The predicted octanol–water partition coefficient (Wildman–Crippen LogP) is 2.16. The molecular formula is C12H14N2O4. The third kappa shape index (κ3) is 2.71. The van der Waals surface area contributed by atoms with E-state index >= 15 is 0 Å². The van der Waals surface area contributed by atoms with Gasteiger partial charge in [-0.1, -0.05) is 6.92 Å². The SMILES string of the molecule is CCCn1cc(OCc2ccoc2C(=O)O)cn1. The second-order valence-corrected chi connectivity index (χ2v) is 3.81. The van der Waals surface area contributed by atoms with Crippen LogP contribution in [0, 0.1) is 0 Å². The van der Waals surface area contributed by atoms with Gasteiger partial charge in [-0.25, -0.2) is 4.79 Å². The molecule has 0 bridgehead atoms. The molecule has 0 aliphatic rings. The molecule has 0 aromatic carbocycles. The maximum Gasteiger partial charge on any atom is 0.372 e. The molecule has 6 nitrogen and oxygen atoms in total. The van der Waals surface area contributed by atoms with Gasteiger partial charge in [0, 0.05) is 12.1 Å². The molecule has 2 aromatic rings. The highest BCUT2D eigenvalue weighted by atomic mass is 16.5. The van der Waals surface area contributed by atoms with Gasteiger partial charge in [0.15, 0.2) is 5.75 Å². The second kappa shape index (κ2) is 5.39. The molecule has 6 heteroatoms. The van der Waals surface area contributed by atoms with E-state index in [0.717, 1.165) is 13.0 Å². The van der Waals surface area contributed by atoms with Crippen LogP contribution in [0.1, 0.15) is 29.5 Å². The molecule has 2 rings (SSSR count). The Kier molecular flexibility index (Phi) is 3.66. The molecule has 2 aromatic heterocycles. The van der Waals surface area contributed by atoms with E-state index in [0.29, 0.717) is 11.3 Å². The van der Waals surface area contributed by atoms with Crippen molar-refractivity contribution in [3.8, 4) is 5.75 Å². The Balaban J connectivity index is 1.98. The highest BCUT2D eigenvalue weighted by Gasteiger charge is 2.14. The number of hydrogen-bond donors (Lipinski definition) is 1. The van der Waals surface area contributed by atoms with Crippen LogP contribution in [0.4, 0.5) is 0 Å². The average molecular weight is 250 g/mol. The number of aromatic nitrogens is 2. The number of aryl methyl sites for hydroxylation is 1. The van der Waals surface area contributed by atoms with E-state index in [4.69, 9.17) is 14.3 Å². The first-order valence-electron chi connectivity index (χ1n) is 5.65. The summed E-state index contributed by atoms with van der Waals surface area (Å²) >= 11 is 0. The fourth-order valence-electron chi connectivity index (χ4n) is 1.57. The molecule has 0 amide bonds. The van der Waals surface area contributed by atoms with Crippen LogP contribution in [-0.2, 0) is 13.2 Å². The summed E-state index contributed by atoms with van der Waals surface area (Å²) in [5.41, 5.74) is 0.505. The van der Waals surface area contributed by atoms with Crippen molar-refractivity contribution in [2.24, 2.45) is 0 Å². The molecule has 0 spiro atoms. The normalized spacial score (nSPS) is 10.5. The number of carboxylic acid groups (broad SMARTS) is 1. The predicted molar refractivity (Wildman–Crippen MR) is 62.5 cm³/mol. The summed E-state index contributed by atoms with van der Waals surface area (Å²) in [6.07, 6.45) is 5.72. The Hall–Kier alpha value is -2.24. The first kappa shape index (κ1) is 12.2. The molecule has 0 unspecified atom stereocenters. The Morgan fingerprint density at radius 1 is 1.61 bits per heavy atom. The molecule has 0 radical (unpaired) electrons. The van der Waals surface area contributed by atoms with Gasteiger partial charge in [0.25, 0.3) is 0 Å². The van der Waals surface area contributed by atoms with Crippen molar-refractivity contribution in [1.82, 2.24) is 9.78 Å². The van der Waals surface area contributed by atoms with Gasteiger partial charge >= 0.3 is 5.97 Å². The summed E-state index contributed by atoms with van der Waals surface area (Å²) < 4.78 is 12.1. The van der Waals surface area contributed by atoms with Crippen molar-refractivity contribution in [3.63, 3.8) is 0 Å². The van der Waals surface area contributed by atoms with Crippen LogP contribution in [0.2, 0.25) is 0 Å². The highest BCUT2D eigenvalue weighted by Crippen LogP contribution is 2.15. The number of nitrogens with zero attached hydrogens (tertiary/aromatic N) is 2. The van der Waals surface area contributed by atoms with Gasteiger partial charge < -0.3 is 14.3 Å². The molecule has 96 valence electrons. The first-order chi connectivity index (χ1) is 8.70. The number of aromatic carboxylic acids is 1. The topological polar surface area (TPSA) is 77.5 Å². The maximum atomic E-state index is 10.8. The molecular weight excluding hydrogens is 236 g/mol. The van der Waals surface area contributed by atoms with Crippen molar-refractivity contribution in [2.75, 3.05) is 0 Å². The van der Waals surface area contributed by atoms with Gasteiger partial charge in [-0.15, -0.1) is 0 Å². The van der Waals surface area contributed by atoms with Gasteiger partial charge in [0.1, 0.15) is 6.61 Å². The lowest BCUT2D eigenvalue weighted by Crippen LogP contribution is -2.02. The minimum Gasteiger partial charge on any atom is -0.485 e.